The molecule has 117 heavy (non-hydrogen) atoms. The van der Waals surface area contributed by atoms with Crippen molar-refractivity contribution in [2.45, 2.75) is 151 Å². The molecule has 12 aromatic heterocycles. The minimum atomic E-state index is -0.155. The van der Waals surface area contributed by atoms with E-state index >= 15 is 0 Å². The maximum absolute atomic E-state index is 12.3. The van der Waals surface area contributed by atoms with E-state index in [0.29, 0.717) is 95.5 Å². The van der Waals surface area contributed by atoms with E-state index in [9.17, 15) is 28.8 Å². The van der Waals surface area contributed by atoms with Gasteiger partial charge < -0.3 is 9.47 Å². The maximum atomic E-state index is 12.3. The van der Waals surface area contributed by atoms with Gasteiger partial charge in [0.15, 0.2) is 33.9 Å². The number of benzene rings is 2. The predicted octanol–water partition coefficient (Wildman–Crippen LogP) is 15.9. The molecule has 28 nitrogen and oxygen atoms in total. The van der Waals surface area contributed by atoms with Gasteiger partial charge in [0.1, 0.15) is 0 Å². The van der Waals surface area contributed by atoms with E-state index in [-0.39, 0.29) is 63.6 Å². The Morgan fingerprint density at radius 1 is 0.385 bits per heavy atom. The lowest BCUT2D eigenvalue weighted by Crippen LogP contribution is -2.41. The number of aromatic nitrogens is 18. The highest BCUT2D eigenvalue weighted by Gasteiger charge is 2.25. The van der Waals surface area contributed by atoms with Gasteiger partial charge in [0.2, 0.25) is 0 Å². The molecule has 622 valence electrons. The van der Waals surface area contributed by atoms with E-state index in [1.54, 1.807) is 82.4 Å². The van der Waals surface area contributed by atoms with Crippen molar-refractivity contribution in [1.29, 1.82) is 0 Å². The Morgan fingerprint density at radius 2 is 0.692 bits per heavy atom. The number of nitrogens with zero attached hydrogens (tertiary/aromatic N) is 14. The third-order valence-corrected chi connectivity index (χ3v) is 22.0. The number of hydrogen-bond acceptors (Lipinski definition) is 16. The first kappa shape index (κ1) is 88.4. The van der Waals surface area contributed by atoms with E-state index in [4.69, 9.17) is 79.1 Å². The van der Waals surface area contributed by atoms with Gasteiger partial charge in [-0.3, -0.25) is 67.1 Å². The van der Waals surface area contributed by atoms with Crippen LogP contribution in [0, 0.1) is 11.3 Å². The lowest BCUT2D eigenvalue weighted by molar-refractivity contribution is 0.0312. The van der Waals surface area contributed by atoms with Gasteiger partial charge in [-0.05, 0) is 103 Å². The van der Waals surface area contributed by atoms with Gasteiger partial charge in [-0.2, -0.15) is 0 Å². The fourth-order valence-electron chi connectivity index (χ4n) is 14.4. The van der Waals surface area contributed by atoms with E-state index in [1.807, 2.05) is 36.4 Å². The average Bonchev–Trinajstić information content (AvgIpc) is 1.67. The van der Waals surface area contributed by atoms with Gasteiger partial charge in [-0.15, -0.1) is 0 Å². The fourth-order valence-corrected chi connectivity index (χ4v) is 15.3. The number of morpholine rings is 2. The monoisotopic (exact) mass is 1710 g/mol. The second kappa shape index (κ2) is 40.8. The molecule has 0 saturated carbocycles. The highest BCUT2D eigenvalue weighted by Crippen LogP contribution is 2.29. The SMILES string of the molecule is CC(C)(C)CCn1c(=O)[nH]c2ncc(Cl)cc21.CC(CCn1c(=O)[nH]c2ncc(Cl)cc21)c1ccccc1.CC(Cn1c(=O)[nH]c2ncc(Cl)cc21)c1ccccc1.CC[C@@H](C(C)C)n1c(=O)[nH]c2ncc(Cl)cc21.CC[C@@H](CN1CCOCC1)n1c(=O)[nH]c2ncc(Cl)cc21.CC[C@H](CN1CCOCC1)n1c(=O)[nH]c2ncc(Cl)cc21. The number of fused-ring (bicyclic) bond motifs is 6. The zero-order chi connectivity index (χ0) is 83.8. The number of imidazole rings is 6. The first-order valence-corrected chi connectivity index (χ1v) is 41.5. The van der Waals surface area contributed by atoms with Crippen molar-refractivity contribution in [3.63, 3.8) is 0 Å². The number of H-pyrrole nitrogens is 6. The first-order valence-electron chi connectivity index (χ1n) is 39.3. The molecular weight excluding hydrogens is 1620 g/mol. The van der Waals surface area contributed by atoms with Crippen LogP contribution in [0.1, 0.15) is 142 Å². The maximum Gasteiger partial charge on any atom is 0.327 e. The summed E-state index contributed by atoms with van der Waals surface area (Å²) < 4.78 is 21.2. The van der Waals surface area contributed by atoms with Crippen LogP contribution in [0.2, 0.25) is 30.1 Å². The molecule has 5 atom stereocenters. The van der Waals surface area contributed by atoms with Crippen molar-refractivity contribution in [3.05, 3.63) is 238 Å². The van der Waals surface area contributed by atoms with Crippen LogP contribution in [0.25, 0.3) is 67.0 Å². The van der Waals surface area contributed by atoms with Crippen LogP contribution in [0.4, 0.5) is 0 Å². The van der Waals surface area contributed by atoms with Crippen LogP contribution < -0.4 is 34.1 Å². The van der Waals surface area contributed by atoms with Gasteiger partial charge in [0.05, 0.1) is 102 Å². The van der Waals surface area contributed by atoms with Crippen molar-refractivity contribution < 1.29 is 9.47 Å². The summed E-state index contributed by atoms with van der Waals surface area (Å²) in [6, 6.07) is 31.5. The van der Waals surface area contributed by atoms with Crippen LogP contribution in [0.3, 0.4) is 0 Å². The van der Waals surface area contributed by atoms with Crippen molar-refractivity contribution >= 4 is 137 Å². The molecule has 0 bridgehead atoms. The molecule has 14 aromatic rings. The summed E-state index contributed by atoms with van der Waals surface area (Å²) in [4.78, 5) is 119. The zero-order valence-corrected chi connectivity index (χ0v) is 71.7. The highest BCUT2D eigenvalue weighted by atomic mass is 35.5. The number of aryl methyl sites for hydroxylation is 2. The zero-order valence-electron chi connectivity index (χ0n) is 67.2. The largest absolute Gasteiger partial charge is 0.379 e. The number of aromatic amines is 6. The van der Waals surface area contributed by atoms with Gasteiger partial charge in [0.25, 0.3) is 0 Å². The lowest BCUT2D eigenvalue weighted by atomic mass is 9.92. The Kier molecular flexibility index (Phi) is 30.8. The van der Waals surface area contributed by atoms with Crippen LogP contribution in [-0.4, -0.2) is 163 Å². The predicted molar refractivity (Wildman–Crippen MR) is 468 cm³/mol. The Morgan fingerprint density at radius 3 is 1.04 bits per heavy atom. The molecule has 2 aliphatic heterocycles. The molecule has 0 radical (unpaired) electrons. The molecule has 0 aliphatic carbocycles. The summed E-state index contributed by atoms with van der Waals surface area (Å²) in [6.07, 6.45) is 13.7. The summed E-state index contributed by atoms with van der Waals surface area (Å²) >= 11 is 35.8. The minimum Gasteiger partial charge on any atom is -0.379 e. The molecule has 2 aromatic carbocycles. The molecule has 34 heteroatoms. The lowest BCUT2D eigenvalue weighted by Gasteiger charge is -2.30. The second-order valence-corrected chi connectivity index (χ2v) is 33.2. The number of ether oxygens (including phenoxy) is 2. The molecule has 2 fully saturated rings. The van der Waals surface area contributed by atoms with Crippen LogP contribution >= 0.6 is 69.6 Å². The summed E-state index contributed by atoms with van der Waals surface area (Å²) in [5.74, 6) is 0.998. The minimum absolute atomic E-state index is 0.101. The Balaban J connectivity index is 0.000000138. The summed E-state index contributed by atoms with van der Waals surface area (Å²) in [5.41, 5.74) is 9.98. The smallest absolute Gasteiger partial charge is 0.327 e. The van der Waals surface area contributed by atoms with E-state index in [0.717, 1.165) is 131 Å². The Hall–Kier alpha value is -9.46. The topological polar surface area (TPSA) is 329 Å². The van der Waals surface area contributed by atoms with Gasteiger partial charge >= 0.3 is 34.1 Å². The number of halogens is 6. The Labute approximate surface area is 704 Å². The third kappa shape index (κ3) is 22.9. The quantitative estimate of drug-likeness (QED) is 0.0413. The average molecular weight is 1720 g/mol. The van der Waals surface area contributed by atoms with E-state index in [2.05, 4.69) is 163 Å². The van der Waals surface area contributed by atoms with Gasteiger partial charge in [-0.1, -0.05) is 200 Å². The van der Waals surface area contributed by atoms with E-state index in [1.165, 1.54) is 29.7 Å². The summed E-state index contributed by atoms with van der Waals surface area (Å²) in [6.45, 7) is 31.4. The van der Waals surface area contributed by atoms with Crippen molar-refractivity contribution in [2.24, 2.45) is 11.3 Å². The van der Waals surface area contributed by atoms with Gasteiger partial charge in [0, 0.05) is 102 Å². The second-order valence-electron chi connectivity index (χ2n) is 30.6. The number of hydrogen-bond donors (Lipinski definition) is 6. The van der Waals surface area contributed by atoms with Crippen molar-refractivity contribution in [1.82, 2.24) is 97.0 Å². The molecule has 16 rings (SSSR count). The number of pyridine rings is 6. The Bertz CT molecular complexity index is 5880. The molecule has 2 saturated heterocycles. The first-order chi connectivity index (χ1) is 56.1. The van der Waals surface area contributed by atoms with Crippen LogP contribution in [-0.2, 0) is 29.1 Å². The highest BCUT2D eigenvalue weighted by molar-refractivity contribution is 6.32. The van der Waals surface area contributed by atoms with Crippen molar-refractivity contribution in [2.75, 3.05) is 65.7 Å². The molecule has 0 spiro atoms. The summed E-state index contributed by atoms with van der Waals surface area (Å²) in [7, 11) is 0. The van der Waals surface area contributed by atoms with Crippen LogP contribution in [0.5, 0.6) is 0 Å². The molecule has 14 heterocycles. The number of nitrogens with one attached hydrogen (secondary N) is 6. The van der Waals surface area contributed by atoms with Crippen molar-refractivity contribution in [3.8, 4) is 0 Å². The normalized spacial score (nSPS) is 14.7. The number of rotatable bonds is 20. The molecule has 6 N–H and O–H groups in total. The van der Waals surface area contributed by atoms with Crippen LogP contribution in [0.15, 0.2) is 163 Å². The fraction of sp³-hybridized carbons (Fsp3) is 0.422. The van der Waals surface area contributed by atoms with E-state index < -0.39 is 0 Å². The standard InChI is InChI=1S/C16H16ClN3O.C15H14ClN3O.2C14H19ClN4O2.2C12H16ClN3O/c1-11(12-5-3-2-4-6-12)7-8-20-14-9-13(17)10-18-15(14)19-16(20)21;1-10(11-5-3-2-4-6-11)9-19-13-7-12(16)8-17-14(13)18-15(19)20;2*1-2-11(9-18-3-5-21-6-4-18)19-12-7-10(15)8-16-13(12)17-14(19)20;1-12(2,3)4-5-16-9-6-8(13)7-14-10(9)15-11(16)17;1-4-9(7(2)3)16-10-5-8(13)6-14-11(10)15-12(16)17/h2-6,9-11H,7-8H2,1H3,(H,18,19,21);2-8,10H,9H2,1H3,(H,17,18,20);2*7-8,11H,2-6,9H2,1H3,(H,16,17,20);6-7H,4-5H2,1-3H3,(H,14,15,17);5-7,9H,4H2,1-3H3,(H,14,15,17)/t;;2*11-;;9-/m..10.0/s1. The molecular formula is C83H100Cl6N20O8. The third-order valence-electron chi connectivity index (χ3n) is 20.8. The molecule has 0 amide bonds. The summed E-state index contributed by atoms with van der Waals surface area (Å²) in [5, 5.41) is 3.22. The molecule has 2 aliphatic rings. The molecule has 2 unspecified atom stereocenters. The van der Waals surface area contributed by atoms with Gasteiger partial charge in [-0.25, -0.2) is 58.7 Å².